The Hall–Kier alpha value is -3.38. The lowest BCUT2D eigenvalue weighted by molar-refractivity contribution is 0.629. The average molecular weight is 924 g/mol. The Kier molecular flexibility index (Phi) is 33.3. The summed E-state index contributed by atoms with van der Waals surface area (Å²) in [5.41, 5.74) is 17.5. The van der Waals surface area contributed by atoms with Gasteiger partial charge in [-0.1, -0.05) is 282 Å². The minimum absolute atomic E-state index is 1.14. The van der Waals surface area contributed by atoms with E-state index in [1.54, 1.807) is 0 Å². The summed E-state index contributed by atoms with van der Waals surface area (Å²) in [6.45, 7) is 22.6. The molecule has 3 aromatic carbocycles. The molecule has 0 heterocycles. The Morgan fingerprint density at radius 2 is 0.397 bits per heavy atom. The van der Waals surface area contributed by atoms with Crippen LogP contribution in [0.15, 0.2) is 49.6 Å². The fraction of sp³-hybridized carbons (Fsp3) is 0.618. The molecule has 0 radical (unpaired) electrons. The molecule has 0 amide bonds. The van der Waals surface area contributed by atoms with Crippen molar-refractivity contribution in [3.8, 4) is 0 Å². The Labute approximate surface area is 423 Å². The largest absolute Gasteiger partial charge is 0.0985 e. The first-order valence-corrected chi connectivity index (χ1v) is 29.5. The van der Waals surface area contributed by atoms with E-state index in [0.29, 0.717) is 0 Å². The first-order valence-electron chi connectivity index (χ1n) is 29.5. The van der Waals surface area contributed by atoms with Crippen molar-refractivity contribution < 1.29 is 0 Å². The highest BCUT2D eigenvalue weighted by molar-refractivity contribution is 5.79. The van der Waals surface area contributed by atoms with Crippen molar-refractivity contribution >= 4 is 36.5 Å². The van der Waals surface area contributed by atoms with Crippen molar-refractivity contribution in [3.63, 3.8) is 0 Å². The van der Waals surface area contributed by atoms with Crippen molar-refractivity contribution in [1.82, 2.24) is 0 Å². The first-order chi connectivity index (χ1) is 33.5. The fourth-order valence-corrected chi connectivity index (χ4v) is 10.4. The van der Waals surface area contributed by atoms with Gasteiger partial charge in [0.05, 0.1) is 0 Å². The predicted molar refractivity (Wildman–Crippen MR) is 312 cm³/mol. The van der Waals surface area contributed by atoms with Crippen LogP contribution < -0.4 is 0 Å². The third-order valence-corrected chi connectivity index (χ3v) is 14.8. The van der Waals surface area contributed by atoms with Gasteiger partial charge in [0, 0.05) is 0 Å². The molecule has 0 N–H and O–H groups in total. The molecule has 0 unspecified atom stereocenters. The molecule has 0 fully saturated rings. The van der Waals surface area contributed by atoms with Gasteiger partial charge in [0.1, 0.15) is 0 Å². The lowest BCUT2D eigenvalue weighted by Crippen LogP contribution is -2.00. The molecule has 0 saturated heterocycles. The summed E-state index contributed by atoms with van der Waals surface area (Å²) in [5.74, 6) is 0. The van der Waals surface area contributed by atoms with Crippen molar-refractivity contribution in [3.05, 3.63) is 116 Å². The van der Waals surface area contributed by atoms with Crippen LogP contribution in [0.3, 0.4) is 0 Å². The van der Waals surface area contributed by atoms with Gasteiger partial charge < -0.3 is 0 Å². The lowest BCUT2D eigenvalue weighted by atomic mass is 9.89. The van der Waals surface area contributed by atoms with E-state index in [1.165, 1.54) is 259 Å². The fourth-order valence-electron chi connectivity index (χ4n) is 10.4. The Morgan fingerprint density at radius 1 is 0.235 bits per heavy atom. The molecule has 3 rings (SSSR count). The maximum Gasteiger partial charge on any atom is -0.0221 e. The van der Waals surface area contributed by atoms with E-state index < -0.39 is 0 Å². The first kappa shape index (κ1) is 58.9. The molecule has 0 aliphatic carbocycles. The number of unbranched alkanes of at least 4 members (excludes halogenated alkanes) is 24. The number of hydrogen-bond acceptors (Lipinski definition) is 0. The number of aryl methyl sites for hydroxylation is 6. The number of hydrogen-bond donors (Lipinski definition) is 0. The minimum Gasteiger partial charge on any atom is -0.0985 e. The zero-order chi connectivity index (χ0) is 48.9. The van der Waals surface area contributed by atoms with Crippen LogP contribution >= 0.6 is 0 Å². The molecule has 0 bridgehead atoms. The van der Waals surface area contributed by atoms with Crippen molar-refractivity contribution in [2.75, 3.05) is 0 Å². The van der Waals surface area contributed by atoms with Crippen LogP contribution in [0.5, 0.6) is 0 Å². The molecule has 0 nitrogen and oxygen atoms in total. The third-order valence-electron chi connectivity index (χ3n) is 14.8. The van der Waals surface area contributed by atoms with Gasteiger partial charge in [-0.15, -0.1) is 0 Å². The predicted octanol–water partition coefficient (Wildman–Crippen LogP) is 22.4. The monoisotopic (exact) mass is 923 g/mol. The van der Waals surface area contributed by atoms with E-state index in [2.05, 4.69) is 128 Å². The highest BCUT2D eigenvalue weighted by Gasteiger charge is 2.13. The summed E-state index contributed by atoms with van der Waals surface area (Å²) in [6, 6.07) is 15.4. The maximum atomic E-state index is 4.32. The van der Waals surface area contributed by atoms with Crippen molar-refractivity contribution in [2.45, 2.75) is 273 Å². The topological polar surface area (TPSA) is 0 Å². The smallest absolute Gasteiger partial charge is 0.0221 e. The second-order valence-electron chi connectivity index (χ2n) is 20.8. The SMILES string of the molecule is C=Cc1cc(CCCCCCC)c(/C=C/c2cc(CCCCCCC)c(/C=C/c3cc(CCCCCCC)c(C=C)cc3CCCCCCC)cc2CCCCCCC)cc1CCCCCCC. The average Bonchev–Trinajstić information content (AvgIpc) is 3.35. The summed E-state index contributed by atoms with van der Waals surface area (Å²) in [7, 11) is 0. The molecule has 0 heteroatoms. The van der Waals surface area contributed by atoms with Gasteiger partial charge in [-0.2, -0.15) is 0 Å². The number of rotatable bonds is 42. The molecule has 0 aromatic heterocycles. The van der Waals surface area contributed by atoms with Gasteiger partial charge in [-0.05, 0) is 144 Å². The standard InChI is InChI=1S/C68H106/c1-9-17-23-29-35-41-59-53-65(61(51-57(59)15-7)43-37-31-25-19-11-3)47-49-67-55-64(46-40-34-28-22-14-6)68(56-63(67)45-39-33-27-21-13-5)50-48-66-54-60(42-36-30-24-18-10-2)58(16-8)52-62(66)44-38-32-26-20-12-4/h15-16,47-56H,7-14,17-46H2,1-6H3/b49-47+,50-48+. The highest BCUT2D eigenvalue weighted by atomic mass is 14.2. The molecule has 3 aromatic rings. The van der Waals surface area contributed by atoms with Crippen molar-refractivity contribution in [1.29, 1.82) is 0 Å². The Balaban J connectivity index is 2.18. The maximum absolute atomic E-state index is 4.32. The van der Waals surface area contributed by atoms with Gasteiger partial charge >= 0.3 is 0 Å². The van der Waals surface area contributed by atoms with Crippen LogP contribution in [0, 0.1) is 0 Å². The van der Waals surface area contributed by atoms with Gasteiger partial charge in [-0.25, -0.2) is 0 Å². The van der Waals surface area contributed by atoms with Crippen molar-refractivity contribution in [2.24, 2.45) is 0 Å². The molecule has 0 saturated carbocycles. The van der Waals surface area contributed by atoms with E-state index in [9.17, 15) is 0 Å². The van der Waals surface area contributed by atoms with E-state index >= 15 is 0 Å². The number of benzene rings is 3. The summed E-state index contributed by atoms with van der Waals surface area (Å²) in [4.78, 5) is 0. The molecule has 0 atom stereocenters. The molecule has 0 aliphatic rings. The van der Waals surface area contributed by atoms with Crippen LogP contribution in [0.25, 0.3) is 36.5 Å². The Morgan fingerprint density at radius 3 is 0.574 bits per heavy atom. The van der Waals surface area contributed by atoms with Gasteiger partial charge in [-0.3, -0.25) is 0 Å². The summed E-state index contributed by atoms with van der Waals surface area (Å²) in [5, 5.41) is 0. The molecular weight excluding hydrogens is 817 g/mol. The normalized spacial score (nSPS) is 11.7. The second kappa shape index (κ2) is 38.4. The van der Waals surface area contributed by atoms with Crippen LogP contribution in [0.4, 0.5) is 0 Å². The zero-order valence-corrected chi connectivity index (χ0v) is 45.8. The van der Waals surface area contributed by atoms with Crippen LogP contribution in [-0.2, 0) is 38.5 Å². The van der Waals surface area contributed by atoms with Crippen LogP contribution in [0.2, 0.25) is 0 Å². The Bertz CT molecular complexity index is 1710. The molecule has 0 spiro atoms. The molecule has 68 heavy (non-hydrogen) atoms. The van der Waals surface area contributed by atoms with E-state index in [-0.39, 0.29) is 0 Å². The van der Waals surface area contributed by atoms with E-state index in [1.807, 2.05) is 0 Å². The van der Waals surface area contributed by atoms with Crippen LogP contribution in [0.1, 0.15) is 301 Å². The van der Waals surface area contributed by atoms with Gasteiger partial charge in [0.15, 0.2) is 0 Å². The van der Waals surface area contributed by atoms with Crippen LogP contribution in [-0.4, -0.2) is 0 Å². The quantitative estimate of drug-likeness (QED) is 0.0392. The third kappa shape index (κ3) is 23.5. The zero-order valence-electron chi connectivity index (χ0n) is 45.8. The summed E-state index contributed by atoms with van der Waals surface area (Å²) < 4.78 is 0. The van der Waals surface area contributed by atoms with E-state index in [0.717, 1.165) is 38.5 Å². The highest BCUT2D eigenvalue weighted by Crippen LogP contribution is 2.30. The van der Waals surface area contributed by atoms with E-state index in [4.69, 9.17) is 0 Å². The lowest BCUT2D eigenvalue weighted by Gasteiger charge is -2.16. The molecular formula is C68H106. The summed E-state index contributed by atoms with van der Waals surface area (Å²) in [6.07, 6.45) is 60.5. The van der Waals surface area contributed by atoms with Gasteiger partial charge in [0.2, 0.25) is 0 Å². The molecule has 378 valence electrons. The minimum atomic E-state index is 1.14. The summed E-state index contributed by atoms with van der Waals surface area (Å²) >= 11 is 0. The van der Waals surface area contributed by atoms with Gasteiger partial charge in [0.25, 0.3) is 0 Å². The molecule has 0 aliphatic heterocycles. The second-order valence-corrected chi connectivity index (χ2v) is 20.8.